The van der Waals surface area contributed by atoms with Crippen molar-refractivity contribution >= 4 is 11.7 Å². The first-order chi connectivity index (χ1) is 8.57. The minimum atomic E-state index is -0.156. The fraction of sp³-hybridized carbons (Fsp3) is 0.714. The van der Waals surface area contributed by atoms with E-state index in [4.69, 9.17) is 0 Å². The first-order valence-electron chi connectivity index (χ1n) is 6.94. The number of rotatable bonds is 4. The molecule has 0 saturated heterocycles. The van der Waals surface area contributed by atoms with E-state index < -0.39 is 0 Å². The molecule has 0 bridgehead atoms. The molecule has 0 aliphatic heterocycles. The van der Waals surface area contributed by atoms with Crippen molar-refractivity contribution in [1.82, 2.24) is 10.2 Å². The second kappa shape index (κ2) is 5.12. The van der Waals surface area contributed by atoms with Gasteiger partial charge in [-0.15, -0.1) is 0 Å². The summed E-state index contributed by atoms with van der Waals surface area (Å²) < 4.78 is 0. The van der Waals surface area contributed by atoms with Gasteiger partial charge in [0.05, 0.1) is 0 Å². The number of aromatic amines is 1. The SMILES string of the molecule is CCC1(C(=O)Nc2cc(C(C)C)[nH]n2)CCCC1. The molecule has 0 spiro atoms. The van der Waals surface area contributed by atoms with Crippen molar-refractivity contribution in [2.75, 3.05) is 5.32 Å². The molecule has 1 saturated carbocycles. The van der Waals surface area contributed by atoms with Crippen molar-refractivity contribution in [2.45, 2.75) is 58.8 Å². The van der Waals surface area contributed by atoms with Gasteiger partial charge in [-0.3, -0.25) is 9.89 Å². The number of carbonyl (C=O) groups excluding carboxylic acids is 1. The summed E-state index contributed by atoms with van der Waals surface area (Å²) in [6.07, 6.45) is 5.27. The number of carbonyl (C=O) groups is 1. The van der Waals surface area contributed by atoms with Gasteiger partial charge < -0.3 is 5.32 Å². The van der Waals surface area contributed by atoms with Gasteiger partial charge in [0.1, 0.15) is 0 Å². The summed E-state index contributed by atoms with van der Waals surface area (Å²) in [7, 11) is 0. The Hall–Kier alpha value is -1.32. The Morgan fingerprint density at radius 1 is 1.50 bits per heavy atom. The third kappa shape index (κ3) is 2.42. The van der Waals surface area contributed by atoms with Crippen LogP contribution in [0.4, 0.5) is 5.82 Å². The lowest BCUT2D eigenvalue weighted by molar-refractivity contribution is -0.125. The Morgan fingerprint density at radius 2 is 2.17 bits per heavy atom. The van der Waals surface area contributed by atoms with Crippen molar-refractivity contribution in [3.8, 4) is 0 Å². The number of nitrogens with zero attached hydrogens (tertiary/aromatic N) is 1. The normalized spacial score (nSPS) is 18.2. The Bertz CT molecular complexity index is 416. The molecule has 18 heavy (non-hydrogen) atoms. The van der Waals surface area contributed by atoms with Crippen molar-refractivity contribution < 1.29 is 4.79 Å². The highest BCUT2D eigenvalue weighted by Crippen LogP contribution is 2.41. The zero-order chi connectivity index (χ0) is 13.2. The van der Waals surface area contributed by atoms with Crippen LogP contribution in [-0.4, -0.2) is 16.1 Å². The number of nitrogens with one attached hydrogen (secondary N) is 2. The molecule has 0 atom stereocenters. The van der Waals surface area contributed by atoms with Crippen LogP contribution < -0.4 is 5.32 Å². The maximum atomic E-state index is 12.4. The molecule has 1 aliphatic rings. The Balaban J connectivity index is 2.06. The van der Waals surface area contributed by atoms with E-state index in [1.807, 2.05) is 6.07 Å². The molecule has 2 N–H and O–H groups in total. The molecule has 2 rings (SSSR count). The topological polar surface area (TPSA) is 57.8 Å². The van der Waals surface area contributed by atoms with Crippen molar-refractivity contribution in [2.24, 2.45) is 5.41 Å². The van der Waals surface area contributed by atoms with Gasteiger partial charge in [-0.25, -0.2) is 0 Å². The highest BCUT2D eigenvalue weighted by atomic mass is 16.2. The van der Waals surface area contributed by atoms with Crippen LogP contribution in [-0.2, 0) is 4.79 Å². The van der Waals surface area contributed by atoms with Gasteiger partial charge in [-0.1, -0.05) is 33.6 Å². The monoisotopic (exact) mass is 249 g/mol. The maximum Gasteiger partial charge on any atom is 0.231 e. The van der Waals surface area contributed by atoms with Gasteiger partial charge in [0.15, 0.2) is 5.82 Å². The second-order valence-electron chi connectivity index (χ2n) is 5.66. The molecule has 1 aliphatic carbocycles. The van der Waals surface area contributed by atoms with Gasteiger partial charge in [0.2, 0.25) is 5.91 Å². The van der Waals surface area contributed by atoms with Crippen molar-refractivity contribution in [3.63, 3.8) is 0 Å². The minimum absolute atomic E-state index is 0.143. The lowest BCUT2D eigenvalue weighted by Crippen LogP contribution is -2.33. The molecule has 4 nitrogen and oxygen atoms in total. The van der Waals surface area contributed by atoms with E-state index >= 15 is 0 Å². The predicted molar refractivity (Wildman–Crippen MR) is 72.5 cm³/mol. The third-order valence-electron chi connectivity index (χ3n) is 4.18. The number of hydrogen-bond donors (Lipinski definition) is 2. The molecule has 0 unspecified atom stereocenters. The lowest BCUT2D eigenvalue weighted by atomic mass is 9.82. The molecular weight excluding hydrogens is 226 g/mol. The zero-order valence-electron chi connectivity index (χ0n) is 11.5. The Kier molecular flexibility index (Phi) is 3.73. The summed E-state index contributed by atoms with van der Waals surface area (Å²) in [5, 5.41) is 10.1. The molecule has 0 radical (unpaired) electrons. The molecule has 0 aromatic carbocycles. The molecule has 1 heterocycles. The molecule has 1 fully saturated rings. The van der Waals surface area contributed by atoms with Crippen LogP contribution in [0.3, 0.4) is 0 Å². The quantitative estimate of drug-likeness (QED) is 0.858. The number of hydrogen-bond acceptors (Lipinski definition) is 2. The van der Waals surface area contributed by atoms with Gasteiger partial charge in [0, 0.05) is 17.2 Å². The fourth-order valence-corrected chi connectivity index (χ4v) is 2.74. The summed E-state index contributed by atoms with van der Waals surface area (Å²) in [6.45, 7) is 6.31. The van der Waals surface area contributed by atoms with Gasteiger partial charge >= 0.3 is 0 Å². The van der Waals surface area contributed by atoms with Gasteiger partial charge in [0.25, 0.3) is 0 Å². The molecule has 1 amide bonds. The van der Waals surface area contributed by atoms with E-state index in [0.29, 0.717) is 11.7 Å². The Labute approximate surface area is 109 Å². The van der Waals surface area contributed by atoms with E-state index in [0.717, 1.165) is 25.0 Å². The maximum absolute atomic E-state index is 12.4. The highest BCUT2D eigenvalue weighted by molar-refractivity contribution is 5.94. The van der Waals surface area contributed by atoms with Crippen LogP contribution in [0.25, 0.3) is 0 Å². The zero-order valence-corrected chi connectivity index (χ0v) is 11.5. The van der Waals surface area contributed by atoms with E-state index in [1.165, 1.54) is 12.8 Å². The van der Waals surface area contributed by atoms with E-state index in [-0.39, 0.29) is 11.3 Å². The van der Waals surface area contributed by atoms with Crippen LogP contribution in [0, 0.1) is 5.41 Å². The van der Waals surface area contributed by atoms with Crippen LogP contribution in [0.2, 0.25) is 0 Å². The number of aromatic nitrogens is 2. The van der Waals surface area contributed by atoms with E-state index in [2.05, 4.69) is 36.3 Å². The average molecular weight is 249 g/mol. The molecule has 100 valence electrons. The number of H-pyrrole nitrogens is 1. The smallest absolute Gasteiger partial charge is 0.231 e. The molecule has 1 aromatic heterocycles. The molecular formula is C14H23N3O. The summed E-state index contributed by atoms with van der Waals surface area (Å²) in [4.78, 5) is 12.4. The van der Waals surface area contributed by atoms with Gasteiger partial charge in [-0.2, -0.15) is 5.10 Å². The summed E-state index contributed by atoms with van der Waals surface area (Å²) >= 11 is 0. The highest BCUT2D eigenvalue weighted by Gasteiger charge is 2.39. The largest absolute Gasteiger partial charge is 0.309 e. The van der Waals surface area contributed by atoms with Gasteiger partial charge in [-0.05, 0) is 25.2 Å². The summed E-state index contributed by atoms with van der Waals surface area (Å²) in [5.41, 5.74) is 0.902. The van der Waals surface area contributed by atoms with Crippen molar-refractivity contribution in [1.29, 1.82) is 0 Å². The number of anilines is 1. The molecule has 4 heteroatoms. The number of amides is 1. The summed E-state index contributed by atoms with van der Waals surface area (Å²) in [5.74, 6) is 1.20. The van der Waals surface area contributed by atoms with Crippen LogP contribution in [0.15, 0.2) is 6.07 Å². The fourth-order valence-electron chi connectivity index (χ4n) is 2.74. The predicted octanol–water partition coefficient (Wildman–Crippen LogP) is 3.44. The van der Waals surface area contributed by atoms with Crippen molar-refractivity contribution in [3.05, 3.63) is 11.8 Å². The average Bonchev–Trinajstić information content (AvgIpc) is 2.97. The first kappa shape index (κ1) is 13.1. The van der Waals surface area contributed by atoms with E-state index in [1.54, 1.807) is 0 Å². The summed E-state index contributed by atoms with van der Waals surface area (Å²) in [6, 6.07) is 1.93. The van der Waals surface area contributed by atoms with Crippen LogP contribution in [0.1, 0.15) is 64.5 Å². The Morgan fingerprint density at radius 3 is 2.67 bits per heavy atom. The standard InChI is InChI=1S/C14H23N3O/c1-4-14(7-5-6-8-14)13(18)15-12-9-11(10(2)3)16-17-12/h9-10H,4-8H2,1-3H3,(H2,15,16,17,18). The lowest BCUT2D eigenvalue weighted by Gasteiger charge is -2.25. The third-order valence-corrected chi connectivity index (χ3v) is 4.18. The second-order valence-corrected chi connectivity index (χ2v) is 5.66. The molecule has 1 aromatic rings. The first-order valence-corrected chi connectivity index (χ1v) is 6.94. The van der Waals surface area contributed by atoms with Crippen LogP contribution in [0.5, 0.6) is 0 Å². The van der Waals surface area contributed by atoms with Crippen LogP contribution >= 0.6 is 0 Å². The van der Waals surface area contributed by atoms with E-state index in [9.17, 15) is 4.79 Å². The minimum Gasteiger partial charge on any atom is -0.309 e.